The van der Waals surface area contributed by atoms with Crippen LogP contribution in [-0.2, 0) is 11.2 Å². The molecule has 0 saturated heterocycles. The Hall–Kier alpha value is -1.75. The number of halogens is 3. The van der Waals surface area contributed by atoms with E-state index < -0.39 is 0 Å². The van der Waals surface area contributed by atoms with E-state index in [1.165, 1.54) is 11.0 Å². The fourth-order valence-corrected chi connectivity index (χ4v) is 2.76. The highest BCUT2D eigenvalue weighted by molar-refractivity contribution is 6.36. The summed E-state index contributed by atoms with van der Waals surface area (Å²) >= 11 is 18.2. The molecule has 1 N–H and O–H groups in total. The number of benzene rings is 2. The Morgan fingerprint density at radius 3 is 2.21 bits per heavy atom. The van der Waals surface area contributed by atoms with E-state index in [1.807, 2.05) is 0 Å². The summed E-state index contributed by atoms with van der Waals surface area (Å²) < 4.78 is 0. The highest BCUT2D eigenvalue weighted by Crippen LogP contribution is 2.27. The van der Waals surface area contributed by atoms with Crippen molar-refractivity contribution in [3.05, 3.63) is 62.6 Å². The second-order valence-electron chi connectivity index (χ2n) is 5.32. The van der Waals surface area contributed by atoms with Crippen molar-refractivity contribution in [2.24, 2.45) is 0 Å². The Morgan fingerprint density at radius 2 is 1.62 bits per heavy atom. The van der Waals surface area contributed by atoms with Crippen molar-refractivity contribution >= 4 is 52.3 Å². The third-order valence-corrected chi connectivity index (χ3v) is 4.33. The maximum atomic E-state index is 12.3. The van der Waals surface area contributed by atoms with Crippen LogP contribution in [0.15, 0.2) is 36.4 Å². The summed E-state index contributed by atoms with van der Waals surface area (Å²) in [6.45, 7) is 0. The van der Waals surface area contributed by atoms with E-state index in [9.17, 15) is 9.59 Å². The van der Waals surface area contributed by atoms with Gasteiger partial charge in [0.15, 0.2) is 0 Å². The molecule has 126 valence electrons. The number of hydrogen-bond donors (Lipinski definition) is 1. The van der Waals surface area contributed by atoms with Gasteiger partial charge in [0.2, 0.25) is 5.91 Å². The van der Waals surface area contributed by atoms with Gasteiger partial charge in [-0.2, -0.15) is 0 Å². The molecule has 0 heterocycles. The van der Waals surface area contributed by atoms with E-state index in [0.29, 0.717) is 31.9 Å². The van der Waals surface area contributed by atoms with Gasteiger partial charge in [-0.3, -0.25) is 9.59 Å². The molecule has 0 fully saturated rings. The van der Waals surface area contributed by atoms with Crippen LogP contribution in [0.25, 0.3) is 0 Å². The van der Waals surface area contributed by atoms with Gasteiger partial charge in [-0.15, -0.1) is 0 Å². The summed E-state index contributed by atoms with van der Waals surface area (Å²) in [5.41, 5.74) is 1.32. The van der Waals surface area contributed by atoms with Crippen LogP contribution in [-0.4, -0.2) is 30.8 Å². The van der Waals surface area contributed by atoms with Crippen molar-refractivity contribution in [3.63, 3.8) is 0 Å². The molecule has 0 aliphatic carbocycles. The van der Waals surface area contributed by atoms with Crippen LogP contribution in [0.2, 0.25) is 15.1 Å². The highest BCUT2D eigenvalue weighted by atomic mass is 35.5. The molecule has 0 bridgehead atoms. The lowest BCUT2D eigenvalue weighted by molar-refractivity contribution is -0.115. The van der Waals surface area contributed by atoms with Gasteiger partial charge in [-0.1, -0.05) is 40.9 Å². The van der Waals surface area contributed by atoms with Crippen LogP contribution >= 0.6 is 34.8 Å². The molecular weight excluding hydrogens is 371 g/mol. The summed E-state index contributed by atoms with van der Waals surface area (Å²) in [5.74, 6) is -0.516. The minimum atomic E-state index is -0.332. The van der Waals surface area contributed by atoms with Crippen LogP contribution in [0.4, 0.5) is 5.69 Å². The molecule has 24 heavy (non-hydrogen) atoms. The topological polar surface area (TPSA) is 49.4 Å². The fraction of sp³-hybridized carbons (Fsp3) is 0.176. The van der Waals surface area contributed by atoms with Gasteiger partial charge in [-0.05, 0) is 35.9 Å². The van der Waals surface area contributed by atoms with E-state index in [2.05, 4.69) is 5.32 Å². The molecule has 0 aliphatic rings. The molecule has 0 unspecified atom stereocenters. The lowest BCUT2D eigenvalue weighted by Crippen LogP contribution is -2.22. The average molecular weight is 386 g/mol. The van der Waals surface area contributed by atoms with Crippen molar-refractivity contribution in [1.82, 2.24) is 4.90 Å². The first kappa shape index (κ1) is 18.6. The molecule has 0 radical (unpaired) electrons. The summed E-state index contributed by atoms with van der Waals surface area (Å²) in [6, 6.07) is 9.75. The second kappa shape index (κ2) is 7.88. The predicted molar refractivity (Wildman–Crippen MR) is 98.3 cm³/mol. The molecule has 2 aromatic rings. The van der Waals surface area contributed by atoms with Gasteiger partial charge in [0.25, 0.3) is 5.91 Å². The average Bonchev–Trinajstić information content (AvgIpc) is 2.52. The standard InChI is InChI=1S/C17H15Cl3N2O2/c1-22(2)17(24)10-6-7-14(20)15(8-10)21-16(23)9-11-12(18)4-3-5-13(11)19/h3-8H,9H2,1-2H3,(H,21,23). The van der Waals surface area contributed by atoms with Gasteiger partial charge in [-0.25, -0.2) is 0 Å². The van der Waals surface area contributed by atoms with Crippen LogP contribution in [0, 0.1) is 0 Å². The molecule has 0 spiro atoms. The Kier molecular flexibility index (Phi) is 6.10. The zero-order valence-corrected chi connectivity index (χ0v) is 15.3. The normalized spacial score (nSPS) is 10.4. The van der Waals surface area contributed by atoms with Crippen LogP contribution in [0.3, 0.4) is 0 Å². The number of hydrogen-bond acceptors (Lipinski definition) is 2. The van der Waals surface area contributed by atoms with Crippen molar-refractivity contribution in [2.45, 2.75) is 6.42 Å². The molecular formula is C17H15Cl3N2O2. The molecule has 7 heteroatoms. The third kappa shape index (κ3) is 4.41. The van der Waals surface area contributed by atoms with E-state index in [0.717, 1.165) is 0 Å². The first-order valence-corrected chi connectivity index (χ1v) is 8.17. The van der Waals surface area contributed by atoms with Crippen molar-refractivity contribution in [1.29, 1.82) is 0 Å². The summed E-state index contributed by atoms with van der Waals surface area (Å²) in [7, 11) is 3.29. The third-order valence-electron chi connectivity index (χ3n) is 3.29. The summed E-state index contributed by atoms with van der Waals surface area (Å²) in [5, 5.41) is 3.86. The van der Waals surface area contributed by atoms with Gasteiger partial charge >= 0.3 is 0 Å². The Labute approximate surface area is 155 Å². The summed E-state index contributed by atoms with van der Waals surface area (Å²) in [6.07, 6.45) is 0.000685. The Morgan fingerprint density at radius 1 is 1.00 bits per heavy atom. The molecule has 0 aliphatic heterocycles. The second-order valence-corrected chi connectivity index (χ2v) is 6.54. The van der Waals surface area contributed by atoms with Gasteiger partial charge in [0.1, 0.15) is 0 Å². The molecule has 4 nitrogen and oxygen atoms in total. The molecule has 0 saturated carbocycles. The van der Waals surface area contributed by atoms with Crippen molar-refractivity contribution in [2.75, 3.05) is 19.4 Å². The minimum absolute atomic E-state index is 0.000685. The molecule has 2 aromatic carbocycles. The smallest absolute Gasteiger partial charge is 0.253 e. The van der Waals surface area contributed by atoms with E-state index in [1.54, 1.807) is 44.4 Å². The molecule has 0 atom stereocenters. The van der Waals surface area contributed by atoms with Gasteiger partial charge in [0, 0.05) is 29.7 Å². The maximum Gasteiger partial charge on any atom is 0.253 e. The van der Waals surface area contributed by atoms with E-state index in [4.69, 9.17) is 34.8 Å². The Bertz CT molecular complexity index is 771. The molecule has 2 rings (SSSR count). The molecule has 0 aromatic heterocycles. The van der Waals surface area contributed by atoms with Crippen LogP contribution < -0.4 is 5.32 Å². The van der Waals surface area contributed by atoms with Crippen molar-refractivity contribution in [3.8, 4) is 0 Å². The minimum Gasteiger partial charge on any atom is -0.345 e. The lowest BCUT2D eigenvalue weighted by Gasteiger charge is -2.13. The summed E-state index contributed by atoms with van der Waals surface area (Å²) in [4.78, 5) is 25.7. The largest absolute Gasteiger partial charge is 0.345 e. The maximum absolute atomic E-state index is 12.3. The molecule has 2 amide bonds. The first-order chi connectivity index (χ1) is 11.3. The SMILES string of the molecule is CN(C)C(=O)c1ccc(Cl)c(NC(=O)Cc2c(Cl)cccc2Cl)c1. The number of nitrogens with zero attached hydrogens (tertiary/aromatic N) is 1. The number of anilines is 1. The Balaban J connectivity index is 2.20. The quantitative estimate of drug-likeness (QED) is 0.840. The zero-order chi connectivity index (χ0) is 17.9. The fourth-order valence-electron chi connectivity index (χ4n) is 2.07. The van der Waals surface area contributed by atoms with E-state index >= 15 is 0 Å². The predicted octanol–water partition coefficient (Wildman–Crippen LogP) is 4.53. The van der Waals surface area contributed by atoms with Crippen LogP contribution in [0.5, 0.6) is 0 Å². The first-order valence-electron chi connectivity index (χ1n) is 7.03. The lowest BCUT2D eigenvalue weighted by atomic mass is 10.1. The number of nitrogens with one attached hydrogen (secondary N) is 1. The van der Waals surface area contributed by atoms with Crippen LogP contribution in [0.1, 0.15) is 15.9 Å². The monoisotopic (exact) mass is 384 g/mol. The number of carbonyl (C=O) groups is 2. The van der Waals surface area contributed by atoms with Gasteiger partial charge < -0.3 is 10.2 Å². The highest BCUT2D eigenvalue weighted by Gasteiger charge is 2.15. The zero-order valence-electron chi connectivity index (χ0n) is 13.1. The van der Waals surface area contributed by atoms with E-state index in [-0.39, 0.29) is 18.2 Å². The number of rotatable bonds is 4. The number of amides is 2. The van der Waals surface area contributed by atoms with Crippen molar-refractivity contribution < 1.29 is 9.59 Å². The number of carbonyl (C=O) groups excluding carboxylic acids is 2. The van der Waals surface area contributed by atoms with Gasteiger partial charge in [0.05, 0.1) is 17.1 Å².